The number of nitrogens with one attached hydrogen (secondary N) is 1. The molecule has 0 aliphatic carbocycles. The molecule has 0 saturated carbocycles. The van der Waals surface area contributed by atoms with E-state index in [9.17, 15) is 12.8 Å². The Hall–Kier alpha value is -1.22. The largest absolute Gasteiger partial charge is 0.373 e. The third kappa shape index (κ3) is 4.66. The van der Waals surface area contributed by atoms with Crippen molar-refractivity contribution in [2.45, 2.75) is 31.0 Å². The Morgan fingerprint density at radius 3 is 2.50 bits per heavy atom. The van der Waals surface area contributed by atoms with Crippen LogP contribution in [0.1, 0.15) is 13.8 Å². The normalized spacial score (nSPS) is 22.5. The van der Waals surface area contributed by atoms with Crippen molar-refractivity contribution in [2.75, 3.05) is 45.2 Å². The van der Waals surface area contributed by atoms with Gasteiger partial charge < -0.3 is 9.64 Å². The number of ether oxygens (including phenoxy) is 1. The molecule has 0 unspecified atom stereocenters. The van der Waals surface area contributed by atoms with Gasteiger partial charge in [0.15, 0.2) is 0 Å². The van der Waals surface area contributed by atoms with Gasteiger partial charge >= 0.3 is 0 Å². The van der Waals surface area contributed by atoms with Crippen molar-refractivity contribution < 1.29 is 17.5 Å². The van der Waals surface area contributed by atoms with Gasteiger partial charge in [-0.25, -0.2) is 17.5 Å². The van der Waals surface area contributed by atoms with Crippen LogP contribution >= 0.6 is 0 Å². The van der Waals surface area contributed by atoms with Gasteiger partial charge in [0.2, 0.25) is 10.0 Å². The van der Waals surface area contributed by atoms with E-state index in [1.54, 1.807) is 11.9 Å². The average Bonchev–Trinajstić information content (AvgIpc) is 2.51. The van der Waals surface area contributed by atoms with E-state index in [4.69, 9.17) is 4.74 Å². The van der Waals surface area contributed by atoms with E-state index in [2.05, 4.69) is 9.62 Å². The highest BCUT2D eigenvalue weighted by atomic mass is 32.2. The number of hydrogen-bond acceptors (Lipinski definition) is 5. The fourth-order valence-electron chi connectivity index (χ4n) is 2.96. The van der Waals surface area contributed by atoms with E-state index in [-0.39, 0.29) is 17.1 Å². The van der Waals surface area contributed by atoms with Gasteiger partial charge in [-0.3, -0.25) is 4.90 Å². The number of halogens is 1. The van der Waals surface area contributed by atoms with Crippen LogP contribution < -0.4 is 9.62 Å². The maximum atomic E-state index is 14.3. The first-order chi connectivity index (χ1) is 11.2. The molecule has 0 radical (unpaired) electrons. The molecule has 1 aliphatic heterocycles. The molecule has 2 atom stereocenters. The Bertz CT molecular complexity index is 659. The minimum absolute atomic E-state index is 0.0736. The maximum absolute atomic E-state index is 14.3. The topological polar surface area (TPSA) is 61.9 Å². The van der Waals surface area contributed by atoms with Gasteiger partial charge in [-0.1, -0.05) is 0 Å². The number of morpholine rings is 1. The van der Waals surface area contributed by atoms with Crippen LogP contribution in [0, 0.1) is 5.82 Å². The summed E-state index contributed by atoms with van der Waals surface area (Å²) >= 11 is 0. The molecule has 2 rings (SSSR count). The summed E-state index contributed by atoms with van der Waals surface area (Å²) in [6.07, 6.45) is 0.392. The number of benzene rings is 1. The van der Waals surface area contributed by atoms with Crippen molar-refractivity contribution in [3.8, 4) is 0 Å². The van der Waals surface area contributed by atoms with Crippen LogP contribution in [0.15, 0.2) is 23.1 Å². The zero-order valence-electron chi connectivity index (χ0n) is 14.6. The predicted molar refractivity (Wildman–Crippen MR) is 92.4 cm³/mol. The highest BCUT2D eigenvalue weighted by Crippen LogP contribution is 2.22. The van der Waals surface area contributed by atoms with Crippen LogP contribution in [0.4, 0.5) is 10.1 Å². The van der Waals surface area contributed by atoms with Crippen LogP contribution in [0.3, 0.4) is 0 Å². The Balaban J connectivity index is 2.01. The van der Waals surface area contributed by atoms with E-state index in [0.29, 0.717) is 12.2 Å². The first kappa shape index (κ1) is 19.1. The van der Waals surface area contributed by atoms with E-state index in [1.807, 2.05) is 13.8 Å². The molecule has 6 nitrogen and oxygen atoms in total. The Morgan fingerprint density at radius 2 is 1.96 bits per heavy atom. The summed E-state index contributed by atoms with van der Waals surface area (Å²) in [5.41, 5.74) is 0.388. The first-order valence-corrected chi connectivity index (χ1v) is 9.53. The predicted octanol–water partition coefficient (Wildman–Crippen LogP) is 1.28. The molecule has 1 saturated heterocycles. The summed E-state index contributed by atoms with van der Waals surface area (Å²) < 4.78 is 45.6. The minimum Gasteiger partial charge on any atom is -0.373 e. The number of likely N-dealkylation sites (N-methyl/N-ethyl adjacent to an activating group) is 1. The lowest BCUT2D eigenvalue weighted by atomic mass is 10.2. The van der Waals surface area contributed by atoms with Crippen LogP contribution in [0.25, 0.3) is 0 Å². The van der Waals surface area contributed by atoms with Crippen LogP contribution in [-0.2, 0) is 14.8 Å². The molecular weight excluding hydrogens is 333 g/mol. The van der Waals surface area contributed by atoms with Gasteiger partial charge in [-0.15, -0.1) is 0 Å². The van der Waals surface area contributed by atoms with E-state index >= 15 is 0 Å². The second-order valence-corrected chi connectivity index (χ2v) is 8.15. The zero-order chi connectivity index (χ0) is 17.9. The molecule has 0 amide bonds. The first-order valence-electron chi connectivity index (χ1n) is 8.05. The standard InChI is InChI=1S/C16H26FN3O3S/c1-12-10-20(11-13(2)23-12)8-7-19(4)16-6-5-14(9-15(16)17)24(21,22)18-3/h5-6,9,12-13,18H,7-8,10-11H2,1-4H3/t12-,13+. The highest BCUT2D eigenvalue weighted by Gasteiger charge is 2.22. The molecule has 1 heterocycles. The molecular formula is C16H26FN3O3S. The third-order valence-corrected chi connectivity index (χ3v) is 5.57. The lowest BCUT2D eigenvalue weighted by Gasteiger charge is -2.36. The van der Waals surface area contributed by atoms with Crippen LogP contribution in [0.2, 0.25) is 0 Å². The van der Waals surface area contributed by atoms with Crippen molar-refractivity contribution in [1.82, 2.24) is 9.62 Å². The summed E-state index contributed by atoms with van der Waals surface area (Å²) in [4.78, 5) is 4.03. The molecule has 1 aliphatic rings. The smallest absolute Gasteiger partial charge is 0.240 e. The molecule has 0 bridgehead atoms. The summed E-state index contributed by atoms with van der Waals surface area (Å²) in [6, 6.07) is 3.97. The molecule has 0 aromatic heterocycles. The van der Waals surface area contributed by atoms with Crippen molar-refractivity contribution in [3.63, 3.8) is 0 Å². The average molecular weight is 359 g/mol. The van der Waals surface area contributed by atoms with Gasteiger partial charge in [0, 0.05) is 33.2 Å². The molecule has 8 heteroatoms. The number of sulfonamides is 1. The zero-order valence-corrected chi connectivity index (χ0v) is 15.4. The quantitative estimate of drug-likeness (QED) is 0.829. The molecule has 1 aromatic carbocycles. The van der Waals surface area contributed by atoms with Crippen molar-refractivity contribution in [2.24, 2.45) is 0 Å². The minimum atomic E-state index is -3.64. The van der Waals surface area contributed by atoms with Gasteiger partial charge in [0.25, 0.3) is 0 Å². The summed E-state index contributed by atoms with van der Waals surface area (Å²) in [5, 5.41) is 0. The molecule has 1 N–H and O–H groups in total. The number of hydrogen-bond donors (Lipinski definition) is 1. The van der Waals surface area contributed by atoms with E-state index in [1.165, 1.54) is 19.2 Å². The summed E-state index contributed by atoms with van der Waals surface area (Å²) in [6.45, 7) is 7.26. The van der Waals surface area contributed by atoms with Gasteiger partial charge in [-0.2, -0.15) is 0 Å². The number of rotatable bonds is 6. The second kappa shape index (κ2) is 7.77. The Kier molecular flexibility index (Phi) is 6.19. The molecule has 24 heavy (non-hydrogen) atoms. The Labute approximate surface area is 143 Å². The fraction of sp³-hybridized carbons (Fsp3) is 0.625. The highest BCUT2D eigenvalue weighted by molar-refractivity contribution is 7.89. The lowest BCUT2D eigenvalue weighted by molar-refractivity contribution is -0.0670. The molecule has 1 aromatic rings. The van der Waals surface area contributed by atoms with Gasteiger partial charge in [0.05, 0.1) is 22.8 Å². The van der Waals surface area contributed by atoms with E-state index in [0.717, 1.165) is 25.7 Å². The van der Waals surface area contributed by atoms with Crippen molar-refractivity contribution >= 4 is 15.7 Å². The molecule has 1 fully saturated rings. The van der Waals surface area contributed by atoms with Gasteiger partial charge in [-0.05, 0) is 39.1 Å². The van der Waals surface area contributed by atoms with Crippen LogP contribution in [-0.4, -0.2) is 65.8 Å². The number of nitrogens with zero attached hydrogens (tertiary/aromatic N) is 2. The van der Waals surface area contributed by atoms with E-state index < -0.39 is 15.8 Å². The van der Waals surface area contributed by atoms with Crippen LogP contribution in [0.5, 0.6) is 0 Å². The third-order valence-electron chi connectivity index (χ3n) is 4.16. The Morgan fingerprint density at radius 1 is 1.33 bits per heavy atom. The SMILES string of the molecule is CNS(=O)(=O)c1ccc(N(C)CCN2C[C@@H](C)O[C@@H](C)C2)c(F)c1. The fourth-order valence-corrected chi connectivity index (χ4v) is 3.70. The maximum Gasteiger partial charge on any atom is 0.240 e. The summed E-state index contributed by atoms with van der Waals surface area (Å²) in [5.74, 6) is -0.544. The van der Waals surface area contributed by atoms with Crippen molar-refractivity contribution in [1.29, 1.82) is 0 Å². The molecule has 136 valence electrons. The number of anilines is 1. The van der Waals surface area contributed by atoms with Gasteiger partial charge in [0.1, 0.15) is 5.82 Å². The summed E-state index contributed by atoms with van der Waals surface area (Å²) in [7, 11) is -0.529. The second-order valence-electron chi connectivity index (χ2n) is 6.26. The lowest BCUT2D eigenvalue weighted by Crippen LogP contribution is -2.47. The molecule has 0 spiro atoms. The monoisotopic (exact) mass is 359 g/mol. The van der Waals surface area contributed by atoms with Crippen molar-refractivity contribution in [3.05, 3.63) is 24.0 Å².